The van der Waals surface area contributed by atoms with Crippen LogP contribution in [0.2, 0.25) is 0 Å². The summed E-state index contributed by atoms with van der Waals surface area (Å²) in [6, 6.07) is 7.22. The van der Waals surface area contributed by atoms with E-state index in [0.29, 0.717) is 23.6 Å². The third-order valence-corrected chi connectivity index (χ3v) is 3.76. The Bertz CT molecular complexity index is 670. The highest BCUT2D eigenvalue weighted by Gasteiger charge is 2.18. The molecule has 1 atom stereocenters. The maximum Gasteiger partial charge on any atom is 0.262 e. The summed E-state index contributed by atoms with van der Waals surface area (Å²) in [5.74, 6) is 0.799. The molecule has 1 aromatic rings. The van der Waals surface area contributed by atoms with Gasteiger partial charge >= 0.3 is 0 Å². The summed E-state index contributed by atoms with van der Waals surface area (Å²) in [7, 11) is 1.57. The molecule has 1 aliphatic rings. The first-order chi connectivity index (χ1) is 12.0. The summed E-state index contributed by atoms with van der Waals surface area (Å²) in [4.78, 5) is 12.3. The number of nitrogens with zero attached hydrogens (tertiary/aromatic N) is 1. The average molecular weight is 344 g/mol. The van der Waals surface area contributed by atoms with Crippen molar-refractivity contribution in [2.24, 2.45) is 0 Å². The van der Waals surface area contributed by atoms with E-state index in [0.717, 1.165) is 19.4 Å². The third-order valence-electron chi connectivity index (χ3n) is 3.76. The first-order valence-corrected chi connectivity index (χ1v) is 8.39. The van der Waals surface area contributed by atoms with Gasteiger partial charge in [-0.1, -0.05) is 0 Å². The van der Waals surface area contributed by atoms with Gasteiger partial charge in [0.05, 0.1) is 19.3 Å². The van der Waals surface area contributed by atoms with Crippen molar-refractivity contribution in [2.45, 2.75) is 38.9 Å². The summed E-state index contributed by atoms with van der Waals surface area (Å²) in [6.07, 6.45) is 3.45. The number of hydrogen-bond acceptors (Lipinski definition) is 5. The van der Waals surface area contributed by atoms with Gasteiger partial charge in [-0.2, -0.15) is 5.26 Å². The summed E-state index contributed by atoms with van der Waals surface area (Å²) >= 11 is 0. The van der Waals surface area contributed by atoms with Gasteiger partial charge in [0, 0.05) is 24.8 Å². The molecule has 25 heavy (non-hydrogen) atoms. The predicted molar refractivity (Wildman–Crippen MR) is 94.3 cm³/mol. The molecule has 6 heteroatoms. The van der Waals surface area contributed by atoms with Gasteiger partial charge in [-0.15, -0.1) is 0 Å². The zero-order valence-electron chi connectivity index (χ0n) is 14.9. The molecular weight excluding hydrogens is 320 g/mol. The van der Waals surface area contributed by atoms with E-state index in [4.69, 9.17) is 14.2 Å². The Kier molecular flexibility index (Phi) is 6.84. The average Bonchev–Trinajstić information content (AvgIpc) is 3.11. The van der Waals surface area contributed by atoms with Crippen LogP contribution in [0.5, 0.6) is 11.5 Å². The maximum atomic E-state index is 12.3. The number of rotatable bonds is 7. The Morgan fingerprint density at radius 1 is 1.52 bits per heavy atom. The molecular formula is C19H24N2O4. The first kappa shape index (κ1) is 18.8. The van der Waals surface area contributed by atoms with Crippen LogP contribution in [0, 0.1) is 11.3 Å². The van der Waals surface area contributed by atoms with Crippen molar-refractivity contribution in [2.75, 3.05) is 20.3 Å². The van der Waals surface area contributed by atoms with Crippen LogP contribution in [0.25, 0.3) is 6.08 Å². The smallest absolute Gasteiger partial charge is 0.262 e. The third kappa shape index (κ3) is 5.50. The summed E-state index contributed by atoms with van der Waals surface area (Å²) in [5, 5.41) is 12.1. The molecule has 1 saturated heterocycles. The normalized spacial score (nSPS) is 17.2. The number of benzene rings is 1. The number of nitriles is 1. The largest absolute Gasteiger partial charge is 0.497 e. The Balaban J connectivity index is 2.16. The highest BCUT2D eigenvalue weighted by molar-refractivity contribution is 6.02. The van der Waals surface area contributed by atoms with Gasteiger partial charge in [0.25, 0.3) is 5.91 Å². The van der Waals surface area contributed by atoms with Crippen molar-refractivity contribution in [3.8, 4) is 17.6 Å². The van der Waals surface area contributed by atoms with Crippen molar-refractivity contribution in [1.29, 1.82) is 5.26 Å². The molecule has 0 aliphatic carbocycles. The van der Waals surface area contributed by atoms with Crippen LogP contribution in [-0.4, -0.2) is 38.4 Å². The Hall–Kier alpha value is -2.52. The van der Waals surface area contributed by atoms with E-state index in [1.807, 2.05) is 19.9 Å². The number of carbonyl (C=O) groups is 1. The molecule has 1 heterocycles. The van der Waals surface area contributed by atoms with Crippen molar-refractivity contribution < 1.29 is 19.0 Å². The van der Waals surface area contributed by atoms with Crippen molar-refractivity contribution >= 4 is 12.0 Å². The quantitative estimate of drug-likeness (QED) is 0.607. The van der Waals surface area contributed by atoms with E-state index in [-0.39, 0.29) is 17.8 Å². The molecule has 134 valence electrons. The van der Waals surface area contributed by atoms with Crippen LogP contribution in [-0.2, 0) is 9.53 Å². The second-order valence-corrected chi connectivity index (χ2v) is 6.09. The van der Waals surface area contributed by atoms with E-state index in [9.17, 15) is 10.1 Å². The molecule has 2 rings (SSSR count). The number of carbonyl (C=O) groups excluding carboxylic acids is 1. The first-order valence-electron chi connectivity index (χ1n) is 8.39. The topological polar surface area (TPSA) is 80.6 Å². The van der Waals surface area contributed by atoms with Crippen LogP contribution >= 0.6 is 0 Å². The van der Waals surface area contributed by atoms with Gasteiger partial charge in [0.2, 0.25) is 0 Å². The molecule has 6 nitrogen and oxygen atoms in total. The Morgan fingerprint density at radius 3 is 2.92 bits per heavy atom. The molecule has 0 saturated carbocycles. The number of nitrogens with one attached hydrogen (secondary N) is 1. The highest BCUT2D eigenvalue weighted by atomic mass is 16.5. The molecule has 1 aromatic carbocycles. The van der Waals surface area contributed by atoms with Crippen molar-refractivity contribution in [1.82, 2.24) is 5.32 Å². The molecule has 0 radical (unpaired) electrons. The zero-order chi connectivity index (χ0) is 18.2. The Morgan fingerprint density at radius 2 is 2.32 bits per heavy atom. The number of ether oxygens (including phenoxy) is 3. The summed E-state index contributed by atoms with van der Waals surface area (Å²) in [6.45, 7) is 4.96. The minimum Gasteiger partial charge on any atom is -0.497 e. The van der Waals surface area contributed by atoms with E-state index >= 15 is 0 Å². The van der Waals surface area contributed by atoms with Gasteiger partial charge in [0.15, 0.2) is 0 Å². The number of amides is 1. The Labute approximate surface area is 148 Å². The van der Waals surface area contributed by atoms with E-state index < -0.39 is 5.91 Å². The van der Waals surface area contributed by atoms with Gasteiger partial charge in [-0.3, -0.25) is 4.79 Å². The lowest BCUT2D eigenvalue weighted by Gasteiger charge is -2.14. The minimum absolute atomic E-state index is 0.0248. The lowest BCUT2D eigenvalue weighted by molar-refractivity contribution is -0.117. The lowest BCUT2D eigenvalue weighted by atomic mass is 10.1. The van der Waals surface area contributed by atoms with E-state index in [1.54, 1.807) is 25.3 Å². The van der Waals surface area contributed by atoms with Crippen LogP contribution in [0.15, 0.2) is 23.8 Å². The van der Waals surface area contributed by atoms with Crippen LogP contribution in [0.3, 0.4) is 0 Å². The highest BCUT2D eigenvalue weighted by Crippen LogP contribution is 2.27. The van der Waals surface area contributed by atoms with E-state index in [1.165, 1.54) is 6.08 Å². The SMILES string of the molecule is COc1ccc(/C=C(\C#N)C(=O)NC[C@@H]2CCCO2)c(OC(C)C)c1. The molecule has 1 amide bonds. The van der Waals surface area contributed by atoms with Crippen LogP contribution in [0.1, 0.15) is 32.3 Å². The van der Waals surface area contributed by atoms with Crippen LogP contribution in [0.4, 0.5) is 0 Å². The molecule has 0 unspecified atom stereocenters. The monoisotopic (exact) mass is 344 g/mol. The van der Waals surface area contributed by atoms with Gasteiger partial charge < -0.3 is 19.5 Å². The molecule has 1 fully saturated rings. The summed E-state index contributed by atoms with van der Waals surface area (Å²) in [5.41, 5.74) is 0.676. The minimum atomic E-state index is -0.413. The number of hydrogen-bond donors (Lipinski definition) is 1. The standard InChI is InChI=1S/C19H24N2O4/c1-13(2)25-18-10-16(23-3)7-6-14(18)9-15(11-20)19(22)21-12-17-5-4-8-24-17/h6-7,9-10,13,17H,4-5,8,12H2,1-3H3,(H,21,22)/b15-9+/t17-/m0/s1. The fraction of sp³-hybridized carbons (Fsp3) is 0.474. The molecule has 1 aliphatic heterocycles. The van der Waals surface area contributed by atoms with Gasteiger partial charge in [-0.05, 0) is 44.9 Å². The zero-order valence-corrected chi connectivity index (χ0v) is 14.9. The van der Waals surface area contributed by atoms with Crippen molar-refractivity contribution in [3.05, 3.63) is 29.3 Å². The fourth-order valence-electron chi connectivity index (χ4n) is 2.53. The molecule has 0 aromatic heterocycles. The fourth-order valence-corrected chi connectivity index (χ4v) is 2.53. The molecule has 1 N–H and O–H groups in total. The predicted octanol–water partition coefficient (Wildman–Crippen LogP) is 2.68. The van der Waals surface area contributed by atoms with Crippen molar-refractivity contribution in [3.63, 3.8) is 0 Å². The lowest BCUT2D eigenvalue weighted by Crippen LogP contribution is -2.32. The maximum absolute atomic E-state index is 12.3. The van der Waals surface area contributed by atoms with E-state index in [2.05, 4.69) is 5.32 Å². The summed E-state index contributed by atoms with van der Waals surface area (Å²) < 4.78 is 16.4. The van der Waals surface area contributed by atoms with Gasteiger partial charge in [0.1, 0.15) is 23.1 Å². The second-order valence-electron chi connectivity index (χ2n) is 6.09. The second kappa shape index (κ2) is 9.09. The van der Waals surface area contributed by atoms with Gasteiger partial charge in [-0.25, -0.2) is 0 Å². The van der Waals surface area contributed by atoms with Crippen LogP contribution < -0.4 is 14.8 Å². The molecule has 0 spiro atoms. The number of methoxy groups -OCH3 is 1. The molecule has 0 bridgehead atoms.